The lowest BCUT2D eigenvalue weighted by molar-refractivity contribution is -0.121. The van der Waals surface area contributed by atoms with Crippen molar-refractivity contribution in [1.29, 1.82) is 0 Å². The molecule has 19 heavy (non-hydrogen) atoms. The zero-order valence-corrected chi connectivity index (χ0v) is 11.0. The van der Waals surface area contributed by atoms with Gasteiger partial charge >= 0.3 is 0 Å². The van der Waals surface area contributed by atoms with Crippen LogP contribution in [-0.2, 0) is 11.2 Å². The Hall–Kier alpha value is -2.17. The molecule has 0 radical (unpaired) electrons. The molecule has 1 amide bonds. The molecule has 2 heterocycles. The van der Waals surface area contributed by atoms with E-state index in [4.69, 9.17) is 0 Å². The predicted molar refractivity (Wildman–Crippen MR) is 72.3 cm³/mol. The molecule has 0 aromatic carbocycles. The van der Waals surface area contributed by atoms with Crippen LogP contribution in [0.4, 0.5) is 0 Å². The summed E-state index contributed by atoms with van der Waals surface area (Å²) < 4.78 is 0. The molecule has 0 saturated carbocycles. The number of hydrogen-bond donors (Lipinski definition) is 2. The number of nitrogens with one attached hydrogen (secondary N) is 2. The molecule has 100 valence electrons. The van der Waals surface area contributed by atoms with E-state index in [0.717, 1.165) is 17.5 Å². The Kier molecular flexibility index (Phi) is 4.66. The van der Waals surface area contributed by atoms with E-state index in [1.165, 1.54) is 0 Å². The summed E-state index contributed by atoms with van der Waals surface area (Å²) in [6, 6.07) is 3.93. The largest absolute Gasteiger partial charge is 0.349 e. The van der Waals surface area contributed by atoms with Gasteiger partial charge in [-0.1, -0.05) is 6.92 Å². The first-order valence-electron chi connectivity index (χ1n) is 6.46. The van der Waals surface area contributed by atoms with Crippen LogP contribution in [0.15, 0.2) is 36.9 Å². The second kappa shape index (κ2) is 6.68. The van der Waals surface area contributed by atoms with Crippen LogP contribution in [0.1, 0.15) is 36.9 Å². The van der Waals surface area contributed by atoms with Crippen molar-refractivity contribution in [2.75, 3.05) is 0 Å². The second-order valence-corrected chi connectivity index (χ2v) is 4.42. The maximum atomic E-state index is 11.9. The Morgan fingerprint density at radius 2 is 2.21 bits per heavy atom. The highest BCUT2D eigenvalue weighted by atomic mass is 16.1. The number of rotatable bonds is 6. The fraction of sp³-hybridized carbons (Fsp3) is 0.357. The summed E-state index contributed by atoms with van der Waals surface area (Å²) in [6.07, 6.45) is 9.09. The lowest BCUT2D eigenvalue weighted by atomic mass is 10.1. The molecule has 0 fully saturated rings. The van der Waals surface area contributed by atoms with Crippen LogP contribution < -0.4 is 5.32 Å². The van der Waals surface area contributed by atoms with Gasteiger partial charge in [0, 0.05) is 25.0 Å². The molecule has 2 N–H and O–H groups in total. The molecule has 1 unspecified atom stereocenters. The minimum atomic E-state index is 0.0554. The van der Waals surface area contributed by atoms with Gasteiger partial charge in [0.05, 0.1) is 12.2 Å². The summed E-state index contributed by atoms with van der Waals surface area (Å²) >= 11 is 0. The van der Waals surface area contributed by atoms with E-state index in [1.807, 2.05) is 18.3 Å². The summed E-state index contributed by atoms with van der Waals surface area (Å²) in [7, 11) is 0. The van der Waals surface area contributed by atoms with Gasteiger partial charge in [0.2, 0.25) is 5.91 Å². The maximum Gasteiger partial charge on any atom is 0.220 e. The molecular formula is C14H18N4O. The van der Waals surface area contributed by atoms with Crippen LogP contribution in [0.3, 0.4) is 0 Å². The highest BCUT2D eigenvalue weighted by Gasteiger charge is 2.12. The van der Waals surface area contributed by atoms with Gasteiger partial charge in [-0.05, 0) is 36.1 Å². The number of nitrogens with zero attached hydrogens (tertiary/aromatic N) is 2. The van der Waals surface area contributed by atoms with Gasteiger partial charge in [-0.3, -0.25) is 14.9 Å². The summed E-state index contributed by atoms with van der Waals surface area (Å²) in [6.45, 7) is 2.06. The SMILES string of the molecule is CCC(NC(=O)CCc1cn[nH]c1)c1ccncc1. The average molecular weight is 258 g/mol. The highest BCUT2D eigenvalue weighted by molar-refractivity contribution is 5.76. The van der Waals surface area contributed by atoms with Crippen molar-refractivity contribution in [1.82, 2.24) is 20.5 Å². The first kappa shape index (κ1) is 13.3. The quantitative estimate of drug-likeness (QED) is 0.832. The van der Waals surface area contributed by atoms with Gasteiger partial charge in [0.15, 0.2) is 0 Å². The number of H-pyrrole nitrogens is 1. The van der Waals surface area contributed by atoms with Gasteiger partial charge in [-0.15, -0.1) is 0 Å². The first-order chi connectivity index (χ1) is 9.29. The smallest absolute Gasteiger partial charge is 0.220 e. The van der Waals surface area contributed by atoms with Crippen molar-refractivity contribution in [3.05, 3.63) is 48.0 Å². The van der Waals surface area contributed by atoms with Crippen molar-refractivity contribution in [2.45, 2.75) is 32.2 Å². The average Bonchev–Trinajstić information content (AvgIpc) is 2.97. The lowest BCUT2D eigenvalue weighted by Crippen LogP contribution is -2.28. The Morgan fingerprint density at radius 1 is 1.42 bits per heavy atom. The fourth-order valence-corrected chi connectivity index (χ4v) is 1.96. The third-order valence-electron chi connectivity index (χ3n) is 3.05. The number of pyridine rings is 1. The minimum absolute atomic E-state index is 0.0554. The normalized spacial score (nSPS) is 12.1. The molecule has 0 aliphatic heterocycles. The van der Waals surface area contributed by atoms with E-state index in [0.29, 0.717) is 12.8 Å². The summed E-state index contributed by atoms with van der Waals surface area (Å²) in [4.78, 5) is 15.9. The number of carbonyl (C=O) groups is 1. The highest BCUT2D eigenvalue weighted by Crippen LogP contribution is 2.15. The number of hydrogen-bond acceptors (Lipinski definition) is 3. The Morgan fingerprint density at radius 3 is 2.84 bits per heavy atom. The number of amides is 1. The van der Waals surface area contributed by atoms with Crippen LogP contribution in [0.5, 0.6) is 0 Å². The zero-order chi connectivity index (χ0) is 13.5. The van der Waals surface area contributed by atoms with Crippen LogP contribution in [0.25, 0.3) is 0 Å². The van der Waals surface area contributed by atoms with Gasteiger partial charge in [0.25, 0.3) is 0 Å². The van der Waals surface area contributed by atoms with Gasteiger partial charge in [-0.25, -0.2) is 0 Å². The van der Waals surface area contributed by atoms with Crippen LogP contribution >= 0.6 is 0 Å². The van der Waals surface area contributed by atoms with Gasteiger partial charge in [-0.2, -0.15) is 5.10 Å². The van der Waals surface area contributed by atoms with Crippen LogP contribution in [0.2, 0.25) is 0 Å². The van der Waals surface area contributed by atoms with E-state index >= 15 is 0 Å². The van der Waals surface area contributed by atoms with Crippen LogP contribution in [-0.4, -0.2) is 21.1 Å². The van der Waals surface area contributed by atoms with Crippen LogP contribution in [0, 0.1) is 0 Å². The molecule has 0 aliphatic carbocycles. The molecule has 2 aromatic heterocycles. The monoisotopic (exact) mass is 258 g/mol. The minimum Gasteiger partial charge on any atom is -0.349 e. The molecule has 5 nitrogen and oxygen atoms in total. The molecule has 0 saturated heterocycles. The molecule has 2 aromatic rings. The number of aromatic amines is 1. The molecule has 5 heteroatoms. The maximum absolute atomic E-state index is 11.9. The molecule has 2 rings (SSSR count). The van der Waals surface area contributed by atoms with E-state index in [9.17, 15) is 4.79 Å². The number of carbonyl (C=O) groups excluding carboxylic acids is 1. The zero-order valence-electron chi connectivity index (χ0n) is 11.0. The molecule has 1 atom stereocenters. The number of aromatic nitrogens is 3. The van der Waals surface area contributed by atoms with E-state index < -0.39 is 0 Å². The molecular weight excluding hydrogens is 240 g/mol. The van der Waals surface area contributed by atoms with E-state index in [2.05, 4.69) is 27.4 Å². The predicted octanol–water partition coefficient (Wildman–Crippen LogP) is 2.00. The fourth-order valence-electron chi connectivity index (χ4n) is 1.96. The standard InChI is InChI=1S/C14H18N4O/c1-2-13(12-5-7-15-8-6-12)18-14(19)4-3-11-9-16-17-10-11/h5-10,13H,2-4H2,1H3,(H,16,17)(H,18,19). The molecule has 0 aliphatic rings. The summed E-state index contributed by atoms with van der Waals surface area (Å²) in [5.41, 5.74) is 2.14. The Bertz CT molecular complexity index is 495. The van der Waals surface area contributed by atoms with Crippen molar-refractivity contribution < 1.29 is 4.79 Å². The van der Waals surface area contributed by atoms with Crippen molar-refractivity contribution in [2.24, 2.45) is 0 Å². The molecule has 0 spiro atoms. The second-order valence-electron chi connectivity index (χ2n) is 4.42. The third kappa shape index (κ3) is 3.91. The third-order valence-corrected chi connectivity index (χ3v) is 3.05. The van der Waals surface area contributed by atoms with E-state index in [1.54, 1.807) is 18.6 Å². The summed E-state index contributed by atoms with van der Waals surface area (Å²) in [5, 5.41) is 9.65. The topological polar surface area (TPSA) is 70.7 Å². The summed E-state index contributed by atoms with van der Waals surface area (Å²) in [5.74, 6) is 0.0601. The van der Waals surface area contributed by atoms with Crippen molar-refractivity contribution in [3.63, 3.8) is 0 Å². The van der Waals surface area contributed by atoms with Gasteiger partial charge in [0.1, 0.15) is 0 Å². The van der Waals surface area contributed by atoms with Crippen molar-refractivity contribution in [3.8, 4) is 0 Å². The Balaban J connectivity index is 1.86. The Labute approximate surface area is 112 Å². The van der Waals surface area contributed by atoms with E-state index in [-0.39, 0.29) is 11.9 Å². The lowest BCUT2D eigenvalue weighted by Gasteiger charge is -2.17. The first-order valence-corrected chi connectivity index (χ1v) is 6.46. The number of aryl methyl sites for hydroxylation is 1. The van der Waals surface area contributed by atoms with Gasteiger partial charge < -0.3 is 5.32 Å². The van der Waals surface area contributed by atoms with Crippen molar-refractivity contribution >= 4 is 5.91 Å². The molecule has 0 bridgehead atoms.